The molecule has 1 saturated carbocycles. The van der Waals surface area contributed by atoms with Gasteiger partial charge in [0.25, 0.3) is 0 Å². The first-order chi connectivity index (χ1) is 8.27. The predicted octanol–water partition coefficient (Wildman–Crippen LogP) is 2.14. The minimum Gasteiger partial charge on any atom is -0.337 e. The highest BCUT2D eigenvalue weighted by Crippen LogP contribution is 2.39. The van der Waals surface area contributed by atoms with Crippen molar-refractivity contribution in [3.05, 3.63) is 18.2 Å². The van der Waals surface area contributed by atoms with E-state index >= 15 is 0 Å². The number of nitrogens with two attached hydrogens (primary N) is 1. The average molecular weight is 236 g/mol. The van der Waals surface area contributed by atoms with Crippen LogP contribution in [0.1, 0.15) is 50.9 Å². The maximum absolute atomic E-state index is 5.78. The summed E-state index contributed by atoms with van der Waals surface area (Å²) in [6.45, 7) is 2.29. The molecule has 0 amide bonds. The van der Waals surface area contributed by atoms with Crippen LogP contribution in [0.15, 0.2) is 12.4 Å². The molecule has 2 rings (SSSR count). The van der Waals surface area contributed by atoms with E-state index in [1.165, 1.54) is 32.1 Å². The fraction of sp³-hybridized carbons (Fsp3) is 0.769. The first kappa shape index (κ1) is 12.6. The van der Waals surface area contributed by atoms with Gasteiger partial charge < -0.3 is 4.57 Å². The van der Waals surface area contributed by atoms with Crippen molar-refractivity contribution in [2.45, 2.75) is 45.1 Å². The van der Waals surface area contributed by atoms with Crippen molar-refractivity contribution in [3.8, 4) is 0 Å². The van der Waals surface area contributed by atoms with Gasteiger partial charge in [-0.05, 0) is 18.3 Å². The van der Waals surface area contributed by atoms with Crippen molar-refractivity contribution in [2.24, 2.45) is 24.7 Å². The van der Waals surface area contributed by atoms with Crippen LogP contribution in [-0.2, 0) is 7.05 Å². The summed E-state index contributed by atoms with van der Waals surface area (Å²) in [6.07, 6.45) is 10.4. The van der Waals surface area contributed by atoms with Crippen LogP contribution in [0.4, 0.5) is 0 Å². The van der Waals surface area contributed by atoms with E-state index in [1.54, 1.807) is 0 Å². The number of imidazole rings is 1. The summed E-state index contributed by atoms with van der Waals surface area (Å²) in [4.78, 5) is 4.45. The second-order valence-corrected chi connectivity index (χ2v) is 5.16. The fourth-order valence-electron chi connectivity index (χ4n) is 3.25. The van der Waals surface area contributed by atoms with Gasteiger partial charge >= 0.3 is 0 Å². The van der Waals surface area contributed by atoms with Crippen LogP contribution in [0, 0.1) is 11.8 Å². The lowest BCUT2D eigenvalue weighted by Crippen LogP contribution is -2.39. The minimum absolute atomic E-state index is 0.195. The van der Waals surface area contributed by atoms with Crippen molar-refractivity contribution >= 4 is 0 Å². The molecular formula is C13H24N4. The first-order valence-electron chi connectivity index (χ1n) is 6.71. The molecule has 3 unspecified atom stereocenters. The van der Waals surface area contributed by atoms with Crippen LogP contribution in [0.3, 0.4) is 0 Å². The van der Waals surface area contributed by atoms with Crippen LogP contribution < -0.4 is 11.3 Å². The number of aromatic nitrogens is 2. The lowest BCUT2D eigenvalue weighted by atomic mass is 9.74. The summed E-state index contributed by atoms with van der Waals surface area (Å²) in [5.41, 5.74) is 3.00. The molecule has 1 fully saturated rings. The number of hydrogen-bond acceptors (Lipinski definition) is 3. The zero-order valence-corrected chi connectivity index (χ0v) is 10.9. The Morgan fingerprint density at radius 3 is 2.88 bits per heavy atom. The summed E-state index contributed by atoms with van der Waals surface area (Å²) in [6, 6.07) is 0.195. The molecule has 4 nitrogen and oxygen atoms in total. The number of hydrogen-bond donors (Lipinski definition) is 2. The van der Waals surface area contributed by atoms with Gasteiger partial charge in [-0.2, -0.15) is 0 Å². The largest absolute Gasteiger partial charge is 0.337 e. The third-order valence-electron chi connectivity index (χ3n) is 4.24. The van der Waals surface area contributed by atoms with Crippen molar-refractivity contribution in [1.82, 2.24) is 15.0 Å². The topological polar surface area (TPSA) is 55.9 Å². The Balaban J connectivity index is 2.19. The molecule has 1 aliphatic carbocycles. The van der Waals surface area contributed by atoms with Gasteiger partial charge in [-0.1, -0.05) is 32.6 Å². The van der Waals surface area contributed by atoms with Crippen LogP contribution >= 0.6 is 0 Å². The standard InChI is InChI=1S/C13H24N4/c1-3-10-6-4-5-7-11(10)12(16-14)13-15-8-9-17(13)2/h8-12,16H,3-7,14H2,1-2H3. The van der Waals surface area contributed by atoms with Crippen LogP contribution in [0.2, 0.25) is 0 Å². The molecule has 1 aliphatic rings. The van der Waals surface area contributed by atoms with E-state index in [1.807, 2.05) is 19.4 Å². The quantitative estimate of drug-likeness (QED) is 0.622. The molecule has 0 aromatic carbocycles. The Labute approximate surface area is 104 Å². The molecule has 0 saturated heterocycles. The monoisotopic (exact) mass is 236 g/mol. The summed E-state index contributed by atoms with van der Waals surface area (Å²) >= 11 is 0. The fourth-order valence-corrected chi connectivity index (χ4v) is 3.25. The van der Waals surface area contributed by atoms with Gasteiger partial charge in [0.05, 0.1) is 6.04 Å². The van der Waals surface area contributed by atoms with E-state index in [9.17, 15) is 0 Å². The smallest absolute Gasteiger partial charge is 0.127 e. The molecule has 1 heterocycles. The zero-order valence-electron chi connectivity index (χ0n) is 10.9. The average Bonchev–Trinajstić information content (AvgIpc) is 2.78. The molecular weight excluding hydrogens is 212 g/mol. The number of rotatable bonds is 4. The second kappa shape index (κ2) is 5.65. The van der Waals surface area contributed by atoms with E-state index < -0.39 is 0 Å². The lowest BCUT2D eigenvalue weighted by Gasteiger charge is -2.36. The van der Waals surface area contributed by atoms with Crippen LogP contribution in [-0.4, -0.2) is 9.55 Å². The summed E-state index contributed by atoms with van der Waals surface area (Å²) in [5, 5.41) is 0. The summed E-state index contributed by atoms with van der Waals surface area (Å²) in [5.74, 6) is 8.25. The van der Waals surface area contributed by atoms with Gasteiger partial charge in [-0.15, -0.1) is 0 Å². The lowest BCUT2D eigenvalue weighted by molar-refractivity contribution is 0.169. The Morgan fingerprint density at radius 2 is 2.29 bits per heavy atom. The number of hydrazine groups is 1. The third-order valence-corrected chi connectivity index (χ3v) is 4.24. The molecule has 96 valence electrons. The maximum Gasteiger partial charge on any atom is 0.127 e. The molecule has 3 N–H and O–H groups in total. The van der Waals surface area contributed by atoms with Gasteiger partial charge in [0.1, 0.15) is 5.82 Å². The highest BCUT2D eigenvalue weighted by molar-refractivity contribution is 5.02. The van der Waals surface area contributed by atoms with E-state index in [0.29, 0.717) is 5.92 Å². The Morgan fingerprint density at radius 1 is 1.53 bits per heavy atom. The van der Waals surface area contributed by atoms with Gasteiger partial charge in [0.15, 0.2) is 0 Å². The maximum atomic E-state index is 5.78. The van der Waals surface area contributed by atoms with Crippen LogP contribution in [0.5, 0.6) is 0 Å². The molecule has 1 aromatic rings. The molecule has 0 spiro atoms. The van der Waals surface area contributed by atoms with E-state index in [0.717, 1.165) is 11.7 Å². The third kappa shape index (κ3) is 2.53. The second-order valence-electron chi connectivity index (χ2n) is 5.16. The van der Waals surface area contributed by atoms with Gasteiger partial charge in [0.2, 0.25) is 0 Å². The number of aryl methyl sites for hydroxylation is 1. The molecule has 0 aliphatic heterocycles. The normalized spacial score (nSPS) is 27.0. The molecule has 4 heteroatoms. The van der Waals surface area contributed by atoms with Crippen LogP contribution in [0.25, 0.3) is 0 Å². The molecule has 0 bridgehead atoms. The van der Waals surface area contributed by atoms with Crippen molar-refractivity contribution in [1.29, 1.82) is 0 Å². The SMILES string of the molecule is CCC1CCCCC1C(NN)c1nccn1C. The summed E-state index contributed by atoms with van der Waals surface area (Å²) in [7, 11) is 2.04. The van der Waals surface area contributed by atoms with Gasteiger partial charge in [-0.25, -0.2) is 10.4 Å². The Bertz CT molecular complexity index is 347. The van der Waals surface area contributed by atoms with E-state index in [2.05, 4.69) is 21.9 Å². The van der Waals surface area contributed by atoms with Crippen molar-refractivity contribution in [2.75, 3.05) is 0 Å². The summed E-state index contributed by atoms with van der Waals surface area (Å²) < 4.78 is 2.08. The predicted molar refractivity (Wildman–Crippen MR) is 69.0 cm³/mol. The van der Waals surface area contributed by atoms with Crippen molar-refractivity contribution in [3.63, 3.8) is 0 Å². The molecule has 17 heavy (non-hydrogen) atoms. The molecule has 0 radical (unpaired) electrons. The minimum atomic E-state index is 0.195. The highest BCUT2D eigenvalue weighted by Gasteiger charge is 2.32. The molecule has 1 aromatic heterocycles. The number of nitrogens with one attached hydrogen (secondary N) is 1. The van der Waals surface area contributed by atoms with E-state index in [4.69, 9.17) is 5.84 Å². The van der Waals surface area contributed by atoms with Gasteiger partial charge in [0, 0.05) is 19.4 Å². The first-order valence-corrected chi connectivity index (χ1v) is 6.71. The van der Waals surface area contributed by atoms with Gasteiger partial charge in [-0.3, -0.25) is 5.84 Å². The Hall–Kier alpha value is -0.870. The van der Waals surface area contributed by atoms with E-state index in [-0.39, 0.29) is 6.04 Å². The van der Waals surface area contributed by atoms with Crippen molar-refractivity contribution < 1.29 is 0 Å². The zero-order chi connectivity index (χ0) is 12.3. The molecule has 3 atom stereocenters. The number of nitrogens with zero attached hydrogens (tertiary/aromatic N) is 2. The highest BCUT2D eigenvalue weighted by atomic mass is 15.3. The Kier molecular flexibility index (Phi) is 4.18.